The summed E-state index contributed by atoms with van der Waals surface area (Å²) in [5, 5.41) is 10.8. The van der Waals surface area contributed by atoms with Crippen LogP contribution in [0.3, 0.4) is 0 Å². The van der Waals surface area contributed by atoms with E-state index in [1.165, 1.54) is 18.2 Å². The Labute approximate surface area is 215 Å². The van der Waals surface area contributed by atoms with Crippen molar-refractivity contribution in [3.63, 3.8) is 0 Å². The smallest absolute Gasteiger partial charge is 0.319 e. The lowest BCUT2D eigenvalue weighted by atomic mass is 9.96. The molecule has 2 atom stereocenters. The van der Waals surface area contributed by atoms with E-state index >= 15 is 4.39 Å². The first-order valence-corrected chi connectivity index (χ1v) is 12.4. The summed E-state index contributed by atoms with van der Waals surface area (Å²) in [6, 6.07) is 5.42. The van der Waals surface area contributed by atoms with Gasteiger partial charge in [0.25, 0.3) is 0 Å². The predicted molar refractivity (Wildman–Crippen MR) is 139 cm³/mol. The number of halogens is 2. The summed E-state index contributed by atoms with van der Waals surface area (Å²) in [6.07, 6.45) is 1.56. The molecule has 0 spiro atoms. The van der Waals surface area contributed by atoms with Gasteiger partial charge in [0.1, 0.15) is 22.9 Å². The van der Waals surface area contributed by atoms with Gasteiger partial charge >= 0.3 is 6.01 Å². The number of carbonyl (C=O) groups is 1. The summed E-state index contributed by atoms with van der Waals surface area (Å²) in [7, 11) is 3.92. The lowest BCUT2D eigenvalue weighted by molar-refractivity contribution is -0.120. The third-order valence-electron chi connectivity index (χ3n) is 6.75. The number of phenols is 1. The summed E-state index contributed by atoms with van der Waals surface area (Å²) in [6.45, 7) is 7.69. The highest BCUT2D eigenvalue weighted by Gasteiger charge is 2.32. The largest absolute Gasteiger partial charge is 0.507 e. The molecule has 1 aliphatic rings. The molecule has 3 aromatic rings. The van der Waals surface area contributed by atoms with Gasteiger partial charge in [-0.3, -0.25) is 4.79 Å². The quantitative estimate of drug-likeness (QED) is 0.361. The van der Waals surface area contributed by atoms with Gasteiger partial charge in [-0.05, 0) is 65.0 Å². The Hall–Kier alpha value is -3.53. The van der Waals surface area contributed by atoms with Gasteiger partial charge in [0, 0.05) is 42.7 Å². The van der Waals surface area contributed by atoms with Gasteiger partial charge in [0.2, 0.25) is 6.41 Å². The highest BCUT2D eigenvalue weighted by Crippen LogP contribution is 2.41. The maximum atomic E-state index is 16.2. The molecule has 0 saturated carbocycles. The molecule has 10 heteroatoms. The van der Waals surface area contributed by atoms with Crippen LogP contribution in [0.25, 0.3) is 22.0 Å². The molecule has 1 saturated heterocycles. The zero-order valence-electron chi connectivity index (χ0n) is 21.8. The number of fused-ring (bicyclic) bond motifs is 1. The van der Waals surface area contributed by atoms with Crippen molar-refractivity contribution >= 4 is 23.1 Å². The fourth-order valence-electron chi connectivity index (χ4n) is 4.81. The van der Waals surface area contributed by atoms with E-state index in [0.717, 1.165) is 19.4 Å². The third kappa shape index (κ3) is 5.29. The lowest BCUT2D eigenvalue weighted by Crippen LogP contribution is -2.56. The van der Waals surface area contributed by atoms with Crippen molar-refractivity contribution in [2.75, 3.05) is 45.2 Å². The Morgan fingerprint density at radius 3 is 2.59 bits per heavy atom. The number of benzene rings is 2. The number of aromatic hydroxyl groups is 1. The minimum Gasteiger partial charge on any atom is -0.507 e. The standard InChI is InChI=1S/C27H33F2N5O3/c1-16-12-19-25(24(29)22(16)23-20(28)8-6-9-21(23)36)30-27(37-11-7-10-32(4)5)31-26(19)34-14-17(2)33(15-35)13-18(34)3/h6,8-9,12,15,17-18,36H,7,10-11,13-14H2,1-5H3/t17-,18+/m1/s1. The summed E-state index contributed by atoms with van der Waals surface area (Å²) < 4.78 is 36.8. The number of nitrogens with zero attached hydrogens (tertiary/aromatic N) is 5. The second-order valence-corrected chi connectivity index (χ2v) is 9.90. The summed E-state index contributed by atoms with van der Waals surface area (Å²) >= 11 is 0. The summed E-state index contributed by atoms with van der Waals surface area (Å²) in [5.74, 6) is -1.36. The van der Waals surface area contributed by atoms with Gasteiger partial charge in [-0.25, -0.2) is 8.78 Å². The van der Waals surface area contributed by atoms with E-state index in [2.05, 4.69) is 9.97 Å². The van der Waals surface area contributed by atoms with Crippen molar-refractivity contribution in [1.29, 1.82) is 0 Å². The van der Waals surface area contributed by atoms with Crippen LogP contribution >= 0.6 is 0 Å². The van der Waals surface area contributed by atoms with Crippen LogP contribution in [0.4, 0.5) is 14.6 Å². The van der Waals surface area contributed by atoms with Crippen molar-refractivity contribution in [2.45, 2.75) is 39.3 Å². The van der Waals surface area contributed by atoms with Crippen LogP contribution < -0.4 is 9.64 Å². The number of anilines is 1. The highest BCUT2D eigenvalue weighted by atomic mass is 19.1. The number of piperazine rings is 1. The molecule has 0 aliphatic carbocycles. The van der Waals surface area contributed by atoms with Gasteiger partial charge < -0.3 is 24.5 Å². The molecule has 1 N–H and O–H groups in total. The number of amides is 1. The molecule has 1 aliphatic heterocycles. The second-order valence-electron chi connectivity index (χ2n) is 9.90. The monoisotopic (exact) mass is 513 g/mol. The Bertz CT molecular complexity index is 1280. The minimum atomic E-state index is -0.760. The molecular formula is C27H33F2N5O3. The average molecular weight is 514 g/mol. The van der Waals surface area contributed by atoms with E-state index < -0.39 is 11.6 Å². The second kappa shape index (κ2) is 10.8. The number of hydrogen-bond donors (Lipinski definition) is 1. The van der Waals surface area contributed by atoms with Crippen LogP contribution in [0.2, 0.25) is 0 Å². The van der Waals surface area contributed by atoms with Crippen LogP contribution in [-0.4, -0.2) is 83.7 Å². The number of ether oxygens (including phenoxy) is 1. The molecule has 1 fully saturated rings. The fourth-order valence-corrected chi connectivity index (χ4v) is 4.81. The van der Waals surface area contributed by atoms with Crippen LogP contribution in [0, 0.1) is 18.6 Å². The number of aryl methyl sites for hydroxylation is 1. The normalized spacial score (nSPS) is 18.1. The van der Waals surface area contributed by atoms with Gasteiger partial charge in [-0.15, -0.1) is 0 Å². The molecule has 2 heterocycles. The van der Waals surface area contributed by atoms with Crippen LogP contribution in [0.5, 0.6) is 11.8 Å². The maximum absolute atomic E-state index is 16.2. The Balaban J connectivity index is 1.88. The molecule has 1 aromatic heterocycles. The van der Waals surface area contributed by atoms with Crippen molar-refractivity contribution in [2.24, 2.45) is 0 Å². The molecule has 37 heavy (non-hydrogen) atoms. The molecule has 0 unspecified atom stereocenters. The number of phenolic OH excluding ortho intramolecular Hbond substituents is 1. The Kier molecular flexibility index (Phi) is 7.77. The number of carbonyl (C=O) groups excluding carboxylic acids is 1. The molecule has 1 amide bonds. The van der Waals surface area contributed by atoms with Gasteiger partial charge in [-0.1, -0.05) is 6.07 Å². The Morgan fingerprint density at radius 2 is 1.92 bits per heavy atom. The summed E-state index contributed by atoms with van der Waals surface area (Å²) in [5.41, 5.74) is 0.142. The summed E-state index contributed by atoms with van der Waals surface area (Å²) in [4.78, 5) is 26.4. The molecule has 198 valence electrons. The van der Waals surface area contributed by atoms with E-state index in [9.17, 15) is 14.3 Å². The fraction of sp³-hybridized carbons (Fsp3) is 0.444. The maximum Gasteiger partial charge on any atom is 0.319 e. The molecular weight excluding hydrogens is 480 g/mol. The molecule has 2 aromatic carbocycles. The molecule has 4 rings (SSSR count). The van der Waals surface area contributed by atoms with E-state index in [-0.39, 0.29) is 40.5 Å². The van der Waals surface area contributed by atoms with Crippen molar-refractivity contribution < 1.29 is 23.4 Å². The zero-order valence-corrected chi connectivity index (χ0v) is 21.8. The number of rotatable bonds is 8. The van der Waals surface area contributed by atoms with Crippen LogP contribution in [0.15, 0.2) is 24.3 Å². The first-order chi connectivity index (χ1) is 17.6. The first-order valence-electron chi connectivity index (χ1n) is 12.4. The van der Waals surface area contributed by atoms with Crippen LogP contribution in [0.1, 0.15) is 25.8 Å². The molecule has 0 bridgehead atoms. The third-order valence-corrected chi connectivity index (χ3v) is 6.75. The number of aromatic nitrogens is 2. The predicted octanol–water partition coefficient (Wildman–Crippen LogP) is 3.97. The number of hydrogen-bond acceptors (Lipinski definition) is 7. The Morgan fingerprint density at radius 1 is 1.16 bits per heavy atom. The zero-order chi connectivity index (χ0) is 26.9. The van der Waals surface area contributed by atoms with E-state index in [1.54, 1.807) is 17.9 Å². The van der Waals surface area contributed by atoms with Gasteiger partial charge in [0.15, 0.2) is 5.82 Å². The highest BCUT2D eigenvalue weighted by molar-refractivity contribution is 5.95. The van der Waals surface area contributed by atoms with Gasteiger partial charge in [-0.2, -0.15) is 9.97 Å². The average Bonchev–Trinajstić information content (AvgIpc) is 2.84. The van der Waals surface area contributed by atoms with E-state index in [1.807, 2.05) is 37.7 Å². The van der Waals surface area contributed by atoms with E-state index in [0.29, 0.717) is 36.5 Å². The SMILES string of the molecule is Cc1cc2c(N3C[C@@H](C)N(C=O)C[C@@H]3C)nc(OCCCN(C)C)nc2c(F)c1-c1c(O)cccc1F. The van der Waals surface area contributed by atoms with Crippen molar-refractivity contribution in [1.82, 2.24) is 19.8 Å². The molecule has 8 nitrogen and oxygen atoms in total. The molecule has 0 radical (unpaired) electrons. The van der Waals surface area contributed by atoms with Crippen molar-refractivity contribution in [3.05, 3.63) is 41.5 Å². The topological polar surface area (TPSA) is 82.0 Å². The minimum absolute atomic E-state index is 0.0189. The van der Waals surface area contributed by atoms with Crippen molar-refractivity contribution in [3.8, 4) is 22.9 Å². The van der Waals surface area contributed by atoms with Gasteiger partial charge in [0.05, 0.1) is 12.2 Å². The van der Waals surface area contributed by atoms with Crippen LogP contribution in [-0.2, 0) is 4.79 Å². The van der Waals surface area contributed by atoms with E-state index in [4.69, 9.17) is 4.74 Å². The first kappa shape index (κ1) is 26.5. The lowest BCUT2D eigenvalue weighted by Gasteiger charge is -2.43.